The van der Waals surface area contributed by atoms with Gasteiger partial charge in [-0.2, -0.15) is 0 Å². The van der Waals surface area contributed by atoms with Gasteiger partial charge in [-0.3, -0.25) is 9.59 Å². The lowest BCUT2D eigenvalue weighted by atomic mass is 10.2. The fourth-order valence-electron chi connectivity index (χ4n) is 4.37. The number of benzene rings is 1. The van der Waals surface area contributed by atoms with Crippen LogP contribution in [-0.2, 0) is 9.59 Å². The normalized spacial score (nSPS) is 23.2. The Kier molecular flexibility index (Phi) is 5.11. The van der Waals surface area contributed by atoms with Gasteiger partial charge in [0.1, 0.15) is 5.75 Å². The maximum Gasteiger partial charge on any atom is 0.265 e. The second-order valence-corrected chi connectivity index (χ2v) is 7.44. The van der Waals surface area contributed by atoms with Crippen LogP contribution in [0.25, 0.3) is 0 Å². The third kappa shape index (κ3) is 3.56. The summed E-state index contributed by atoms with van der Waals surface area (Å²) in [6.07, 6.45) is 5.11. The molecule has 2 saturated heterocycles. The Morgan fingerprint density at radius 1 is 1.12 bits per heavy atom. The van der Waals surface area contributed by atoms with Gasteiger partial charge in [0.05, 0.1) is 5.69 Å². The summed E-state index contributed by atoms with van der Waals surface area (Å²) in [5.74, 6) is 0.808. The number of nitrogens with zero attached hydrogens (tertiary/aromatic N) is 3. The zero-order valence-electron chi connectivity index (χ0n) is 15.2. The van der Waals surface area contributed by atoms with Crippen molar-refractivity contribution < 1.29 is 14.3 Å². The van der Waals surface area contributed by atoms with Crippen LogP contribution in [0.1, 0.15) is 32.1 Å². The molecule has 3 aliphatic rings. The van der Waals surface area contributed by atoms with E-state index < -0.39 is 0 Å². The van der Waals surface area contributed by atoms with Gasteiger partial charge in [-0.05, 0) is 50.9 Å². The highest BCUT2D eigenvalue weighted by Gasteiger charge is 2.32. The number of carbonyl (C=O) groups is 2. The Hall–Kier alpha value is -2.08. The summed E-state index contributed by atoms with van der Waals surface area (Å²) in [4.78, 5) is 31.3. The van der Waals surface area contributed by atoms with Crippen molar-refractivity contribution in [2.45, 2.75) is 38.1 Å². The number of carbonyl (C=O) groups excluding carboxylic acids is 2. The maximum absolute atomic E-state index is 12.8. The number of hydrogen-bond acceptors (Lipinski definition) is 4. The quantitative estimate of drug-likeness (QED) is 0.808. The van der Waals surface area contributed by atoms with Crippen molar-refractivity contribution in [2.24, 2.45) is 0 Å². The van der Waals surface area contributed by atoms with E-state index in [1.165, 1.54) is 12.8 Å². The highest BCUT2D eigenvalue weighted by molar-refractivity contribution is 5.98. The molecule has 1 aromatic carbocycles. The van der Waals surface area contributed by atoms with Crippen LogP contribution < -0.4 is 9.64 Å². The fourth-order valence-corrected chi connectivity index (χ4v) is 4.37. The Bertz CT molecular complexity index is 672. The van der Waals surface area contributed by atoms with Gasteiger partial charge in [0.15, 0.2) is 6.61 Å². The molecular formula is C20H27N3O3. The number of para-hydroxylation sites is 2. The molecule has 4 rings (SSSR count). The summed E-state index contributed by atoms with van der Waals surface area (Å²) in [7, 11) is 0. The first kappa shape index (κ1) is 17.3. The second-order valence-electron chi connectivity index (χ2n) is 7.44. The molecular weight excluding hydrogens is 330 g/mol. The Balaban J connectivity index is 1.36. The molecule has 3 aliphatic heterocycles. The number of hydrogen-bond donors (Lipinski definition) is 0. The summed E-state index contributed by atoms with van der Waals surface area (Å²) >= 11 is 0. The van der Waals surface area contributed by atoms with Gasteiger partial charge in [0.25, 0.3) is 5.91 Å². The van der Waals surface area contributed by atoms with Gasteiger partial charge < -0.3 is 19.4 Å². The van der Waals surface area contributed by atoms with Crippen molar-refractivity contribution in [1.82, 2.24) is 9.80 Å². The van der Waals surface area contributed by atoms with E-state index in [1.807, 2.05) is 24.3 Å². The molecule has 0 aliphatic carbocycles. The van der Waals surface area contributed by atoms with Crippen molar-refractivity contribution in [3.05, 3.63) is 24.3 Å². The highest BCUT2D eigenvalue weighted by atomic mass is 16.5. The molecule has 0 aromatic heterocycles. The third-order valence-corrected chi connectivity index (χ3v) is 5.72. The van der Waals surface area contributed by atoms with Crippen LogP contribution in [0.4, 0.5) is 5.69 Å². The summed E-state index contributed by atoms with van der Waals surface area (Å²) in [5, 5.41) is 0. The largest absolute Gasteiger partial charge is 0.482 e. The molecule has 6 nitrogen and oxygen atoms in total. The standard InChI is InChI=1S/C20H27N3O3/c24-19(22-12-5-6-16(22)14-21-10-3-4-11-21)9-13-23-17-7-1-2-8-18(17)26-15-20(23)25/h1-2,7-8,16H,3-6,9-15H2. The number of likely N-dealkylation sites (tertiary alicyclic amines) is 2. The van der Waals surface area contributed by atoms with Crippen LogP contribution in [0.3, 0.4) is 0 Å². The van der Waals surface area contributed by atoms with Crippen LogP contribution in [-0.4, -0.2) is 67.0 Å². The van der Waals surface area contributed by atoms with E-state index in [2.05, 4.69) is 9.80 Å². The third-order valence-electron chi connectivity index (χ3n) is 5.72. The van der Waals surface area contributed by atoms with Crippen LogP contribution in [0.5, 0.6) is 5.75 Å². The molecule has 2 fully saturated rings. The van der Waals surface area contributed by atoms with E-state index in [-0.39, 0.29) is 18.4 Å². The Labute approximate surface area is 154 Å². The molecule has 140 valence electrons. The topological polar surface area (TPSA) is 53.1 Å². The summed E-state index contributed by atoms with van der Waals surface area (Å²) in [6, 6.07) is 7.87. The summed E-state index contributed by atoms with van der Waals surface area (Å²) < 4.78 is 5.47. The predicted octanol–water partition coefficient (Wildman–Crippen LogP) is 1.89. The average molecular weight is 357 g/mol. The first-order valence-corrected chi connectivity index (χ1v) is 9.76. The van der Waals surface area contributed by atoms with Crippen molar-refractivity contribution in [2.75, 3.05) is 44.2 Å². The average Bonchev–Trinajstić information content (AvgIpc) is 3.33. The van der Waals surface area contributed by atoms with Gasteiger partial charge in [0.2, 0.25) is 5.91 Å². The predicted molar refractivity (Wildman–Crippen MR) is 99.3 cm³/mol. The number of ether oxygens (including phenoxy) is 1. The molecule has 0 spiro atoms. The summed E-state index contributed by atoms with van der Waals surface area (Å²) in [6.45, 7) is 4.66. The minimum absolute atomic E-state index is 0.0481. The van der Waals surface area contributed by atoms with E-state index in [9.17, 15) is 9.59 Å². The summed E-state index contributed by atoms with van der Waals surface area (Å²) in [5.41, 5.74) is 0.770. The van der Waals surface area contributed by atoms with E-state index >= 15 is 0 Å². The first-order valence-electron chi connectivity index (χ1n) is 9.76. The molecule has 26 heavy (non-hydrogen) atoms. The zero-order valence-corrected chi connectivity index (χ0v) is 15.2. The number of rotatable bonds is 5. The van der Waals surface area contributed by atoms with Crippen molar-refractivity contribution in [3.63, 3.8) is 0 Å². The van der Waals surface area contributed by atoms with E-state index in [0.717, 1.165) is 44.7 Å². The molecule has 2 amide bonds. The van der Waals surface area contributed by atoms with Crippen LogP contribution in [0.2, 0.25) is 0 Å². The molecule has 3 heterocycles. The molecule has 1 aromatic rings. The molecule has 0 N–H and O–H groups in total. The number of anilines is 1. The fraction of sp³-hybridized carbons (Fsp3) is 0.600. The maximum atomic E-state index is 12.8. The molecule has 0 bridgehead atoms. The smallest absolute Gasteiger partial charge is 0.265 e. The van der Waals surface area contributed by atoms with Crippen molar-refractivity contribution >= 4 is 17.5 Å². The second kappa shape index (κ2) is 7.66. The lowest BCUT2D eigenvalue weighted by molar-refractivity contribution is -0.132. The van der Waals surface area contributed by atoms with E-state index in [4.69, 9.17) is 4.74 Å². The van der Waals surface area contributed by atoms with Crippen LogP contribution in [0, 0.1) is 0 Å². The van der Waals surface area contributed by atoms with Crippen molar-refractivity contribution in [1.29, 1.82) is 0 Å². The van der Waals surface area contributed by atoms with Crippen LogP contribution in [0.15, 0.2) is 24.3 Å². The Morgan fingerprint density at radius 2 is 1.92 bits per heavy atom. The first-order chi connectivity index (χ1) is 12.7. The molecule has 0 saturated carbocycles. The lowest BCUT2D eigenvalue weighted by Crippen LogP contribution is -2.45. The highest BCUT2D eigenvalue weighted by Crippen LogP contribution is 2.31. The molecule has 0 radical (unpaired) electrons. The Morgan fingerprint density at radius 3 is 2.77 bits per heavy atom. The van der Waals surface area contributed by atoms with Gasteiger partial charge >= 0.3 is 0 Å². The van der Waals surface area contributed by atoms with Gasteiger partial charge in [-0.25, -0.2) is 0 Å². The zero-order chi connectivity index (χ0) is 17.9. The minimum Gasteiger partial charge on any atom is -0.482 e. The minimum atomic E-state index is -0.0773. The SMILES string of the molecule is O=C1COc2ccccc2N1CCC(=O)N1CCCC1CN1CCCC1. The van der Waals surface area contributed by atoms with Crippen LogP contribution >= 0.6 is 0 Å². The van der Waals surface area contributed by atoms with Gasteiger partial charge in [-0.1, -0.05) is 12.1 Å². The van der Waals surface area contributed by atoms with Crippen molar-refractivity contribution in [3.8, 4) is 5.75 Å². The monoisotopic (exact) mass is 357 g/mol. The molecule has 1 atom stereocenters. The van der Waals surface area contributed by atoms with Gasteiger partial charge in [0, 0.05) is 32.1 Å². The van der Waals surface area contributed by atoms with Gasteiger partial charge in [-0.15, -0.1) is 0 Å². The van der Waals surface area contributed by atoms with E-state index in [0.29, 0.717) is 24.8 Å². The number of fused-ring (bicyclic) bond motifs is 1. The number of amides is 2. The lowest BCUT2D eigenvalue weighted by Gasteiger charge is -2.31. The molecule has 6 heteroatoms. The molecule has 1 unspecified atom stereocenters. The van der Waals surface area contributed by atoms with E-state index in [1.54, 1.807) is 4.90 Å².